The molecule has 3 N–H and O–H groups in total. The fraction of sp³-hybridized carbons (Fsp3) is 0.300. The molecular weight excluding hydrogens is 483 g/mol. The number of aromatic amines is 1. The van der Waals surface area contributed by atoms with Gasteiger partial charge in [0.05, 0.1) is 31.0 Å². The van der Waals surface area contributed by atoms with Crippen molar-refractivity contribution in [1.82, 2.24) is 9.97 Å². The Morgan fingerprint density at radius 1 is 1.27 bits per heavy atom. The van der Waals surface area contributed by atoms with Crippen LogP contribution in [0.3, 0.4) is 0 Å². The lowest BCUT2D eigenvalue weighted by Gasteiger charge is -2.13. The van der Waals surface area contributed by atoms with Crippen molar-refractivity contribution in [3.8, 4) is 11.7 Å². The van der Waals surface area contributed by atoms with E-state index in [-0.39, 0.29) is 17.2 Å². The maximum absolute atomic E-state index is 13.0. The van der Waals surface area contributed by atoms with Gasteiger partial charge in [0.25, 0.3) is 0 Å². The molecule has 1 unspecified atom stereocenters. The van der Waals surface area contributed by atoms with E-state index in [0.717, 1.165) is 39.3 Å². The normalized spacial score (nSPS) is 12.6. The van der Waals surface area contributed by atoms with Crippen molar-refractivity contribution in [2.24, 2.45) is 0 Å². The number of rotatable bonds is 9. The lowest BCUT2D eigenvalue weighted by molar-refractivity contribution is -0.610. The standard InChI is InChI=1S/C20H18F3N3O5S2/c1-10-14(9-32-33-16(18(29)30)8-17(27)28)26(6-5-15(10)31-2)19-24-12-4-3-11(20(21,22)23)7-13(12)25-19/h3-7,16H,8-9H2,1-2H3,(H2-,24,25,27,28,29,30)/p+1. The second-order valence-corrected chi connectivity index (χ2v) is 9.47. The molecule has 1 aromatic carbocycles. The van der Waals surface area contributed by atoms with Crippen molar-refractivity contribution >= 4 is 44.6 Å². The minimum absolute atomic E-state index is 0.209. The van der Waals surface area contributed by atoms with Crippen molar-refractivity contribution in [3.05, 3.63) is 47.3 Å². The van der Waals surface area contributed by atoms with E-state index in [1.807, 2.05) is 0 Å². The zero-order valence-electron chi connectivity index (χ0n) is 17.3. The summed E-state index contributed by atoms with van der Waals surface area (Å²) in [6, 6.07) is 4.90. The van der Waals surface area contributed by atoms with E-state index >= 15 is 0 Å². The lowest BCUT2D eigenvalue weighted by Crippen LogP contribution is -2.37. The average Bonchev–Trinajstić information content (AvgIpc) is 3.16. The molecule has 0 amide bonds. The highest BCUT2D eigenvalue weighted by molar-refractivity contribution is 8.76. The highest BCUT2D eigenvalue weighted by Crippen LogP contribution is 2.34. The van der Waals surface area contributed by atoms with Crippen LogP contribution >= 0.6 is 21.6 Å². The second kappa shape index (κ2) is 9.91. The molecule has 2 heterocycles. The van der Waals surface area contributed by atoms with E-state index in [0.29, 0.717) is 17.0 Å². The molecule has 3 aromatic rings. The number of aliphatic carboxylic acids is 2. The molecule has 0 bridgehead atoms. The van der Waals surface area contributed by atoms with E-state index in [2.05, 4.69) is 9.97 Å². The molecular formula is C20H19F3N3O5S2+. The van der Waals surface area contributed by atoms with Gasteiger partial charge in [-0.05, 0) is 25.1 Å². The molecule has 33 heavy (non-hydrogen) atoms. The van der Waals surface area contributed by atoms with E-state index < -0.39 is 35.3 Å². The van der Waals surface area contributed by atoms with Crippen molar-refractivity contribution in [2.75, 3.05) is 7.11 Å². The number of halogens is 3. The van der Waals surface area contributed by atoms with Gasteiger partial charge >= 0.3 is 24.1 Å². The Labute approximate surface area is 193 Å². The third kappa shape index (κ3) is 5.71. The number of nitrogens with one attached hydrogen (secondary N) is 1. The number of ether oxygens (including phenoxy) is 1. The maximum Gasteiger partial charge on any atom is 0.416 e. The number of aromatic nitrogens is 3. The van der Waals surface area contributed by atoms with Gasteiger partial charge in [-0.3, -0.25) is 9.59 Å². The summed E-state index contributed by atoms with van der Waals surface area (Å²) in [6.07, 6.45) is -3.38. The average molecular weight is 503 g/mol. The van der Waals surface area contributed by atoms with Crippen molar-refractivity contribution < 1.29 is 42.3 Å². The molecule has 0 aliphatic rings. The van der Waals surface area contributed by atoms with E-state index in [9.17, 15) is 27.9 Å². The first-order chi connectivity index (χ1) is 15.5. The molecule has 0 radical (unpaired) electrons. The molecule has 3 rings (SSSR count). The molecule has 176 valence electrons. The molecule has 0 fully saturated rings. The zero-order chi connectivity index (χ0) is 24.3. The number of benzene rings is 1. The van der Waals surface area contributed by atoms with Gasteiger partial charge in [-0.25, -0.2) is 9.55 Å². The Hall–Kier alpha value is -2.93. The first kappa shape index (κ1) is 24.7. The molecule has 2 aromatic heterocycles. The minimum Gasteiger partial charge on any atom is -0.496 e. The Bertz CT molecular complexity index is 1200. The zero-order valence-corrected chi connectivity index (χ0v) is 19.0. The number of nitrogens with zero attached hydrogens (tertiary/aromatic N) is 2. The summed E-state index contributed by atoms with van der Waals surface area (Å²) in [6.45, 7) is 1.78. The number of carboxylic acids is 2. The largest absolute Gasteiger partial charge is 0.496 e. The van der Waals surface area contributed by atoms with Crippen molar-refractivity contribution in [3.63, 3.8) is 0 Å². The number of alkyl halides is 3. The Balaban J connectivity index is 1.95. The Morgan fingerprint density at radius 3 is 2.61 bits per heavy atom. The van der Waals surface area contributed by atoms with Crippen LogP contribution in [-0.4, -0.2) is 44.5 Å². The molecule has 0 saturated carbocycles. The third-order valence-corrected chi connectivity index (χ3v) is 7.32. The van der Waals surface area contributed by atoms with E-state index in [1.54, 1.807) is 23.8 Å². The van der Waals surface area contributed by atoms with Crippen LogP contribution in [0.1, 0.15) is 23.2 Å². The number of hydrogen-bond acceptors (Lipinski definition) is 6. The number of fused-ring (bicyclic) bond motifs is 1. The summed E-state index contributed by atoms with van der Waals surface area (Å²) in [5.41, 5.74) is 1.13. The number of methoxy groups -OCH3 is 1. The van der Waals surface area contributed by atoms with Crippen LogP contribution < -0.4 is 9.30 Å². The highest BCUT2D eigenvalue weighted by atomic mass is 33.1. The van der Waals surface area contributed by atoms with Crippen LogP contribution in [0.25, 0.3) is 17.0 Å². The first-order valence-electron chi connectivity index (χ1n) is 9.39. The van der Waals surface area contributed by atoms with Crippen LogP contribution in [0, 0.1) is 6.92 Å². The van der Waals surface area contributed by atoms with Crippen LogP contribution in [0.4, 0.5) is 13.2 Å². The SMILES string of the molecule is COc1cc[n+](-c2nc3ccc(C(F)(F)F)cc3[nH]2)c(CSSC(CC(=O)O)C(=O)O)c1C. The number of H-pyrrole nitrogens is 1. The molecule has 8 nitrogen and oxygen atoms in total. The topological polar surface area (TPSA) is 116 Å². The molecule has 0 saturated heterocycles. The summed E-state index contributed by atoms with van der Waals surface area (Å²) < 4.78 is 46.1. The van der Waals surface area contributed by atoms with Crippen molar-refractivity contribution in [2.45, 2.75) is 30.5 Å². The van der Waals surface area contributed by atoms with Crippen LogP contribution in [-0.2, 0) is 21.5 Å². The highest BCUT2D eigenvalue weighted by Gasteiger charge is 2.32. The summed E-state index contributed by atoms with van der Waals surface area (Å²) in [5.74, 6) is -1.37. The van der Waals surface area contributed by atoms with Gasteiger partial charge in [-0.1, -0.05) is 26.6 Å². The van der Waals surface area contributed by atoms with Crippen LogP contribution in [0.5, 0.6) is 5.75 Å². The molecule has 13 heteroatoms. The summed E-state index contributed by atoms with van der Waals surface area (Å²) in [5, 5.41) is 17.0. The van der Waals surface area contributed by atoms with Gasteiger partial charge in [0.15, 0.2) is 5.52 Å². The molecule has 1 atom stereocenters. The first-order valence-corrected chi connectivity index (χ1v) is 11.8. The van der Waals surface area contributed by atoms with Gasteiger partial charge in [-0.2, -0.15) is 13.2 Å². The molecule has 0 aliphatic heterocycles. The lowest BCUT2D eigenvalue weighted by atomic mass is 10.2. The van der Waals surface area contributed by atoms with Gasteiger partial charge in [-0.15, -0.1) is 0 Å². The second-order valence-electron chi connectivity index (χ2n) is 6.90. The van der Waals surface area contributed by atoms with Gasteiger partial charge < -0.3 is 14.9 Å². The van der Waals surface area contributed by atoms with Crippen molar-refractivity contribution in [1.29, 1.82) is 0 Å². The Kier molecular flexibility index (Phi) is 7.42. The number of carbonyl (C=O) groups is 2. The quantitative estimate of drug-likeness (QED) is 0.297. The van der Waals surface area contributed by atoms with Crippen LogP contribution in [0.15, 0.2) is 30.5 Å². The number of pyridine rings is 1. The maximum atomic E-state index is 13.0. The summed E-state index contributed by atoms with van der Waals surface area (Å²) in [7, 11) is 3.55. The predicted octanol–water partition coefficient (Wildman–Crippen LogP) is 3.98. The van der Waals surface area contributed by atoms with Gasteiger partial charge in [0.1, 0.15) is 22.2 Å². The summed E-state index contributed by atoms with van der Waals surface area (Å²) >= 11 is 0. The predicted molar refractivity (Wildman–Crippen MR) is 116 cm³/mol. The van der Waals surface area contributed by atoms with E-state index in [4.69, 9.17) is 9.84 Å². The summed E-state index contributed by atoms with van der Waals surface area (Å²) in [4.78, 5) is 29.5. The minimum atomic E-state index is -4.49. The smallest absolute Gasteiger partial charge is 0.416 e. The van der Waals surface area contributed by atoms with Gasteiger partial charge in [0.2, 0.25) is 0 Å². The van der Waals surface area contributed by atoms with Gasteiger partial charge in [0, 0.05) is 11.6 Å². The monoisotopic (exact) mass is 502 g/mol. The fourth-order valence-corrected chi connectivity index (χ4v) is 5.53. The fourth-order valence-electron chi connectivity index (χ4n) is 3.06. The Morgan fingerprint density at radius 2 is 2.00 bits per heavy atom. The molecule has 0 spiro atoms. The number of imidazole rings is 1. The number of hydrogen-bond donors (Lipinski definition) is 3. The third-order valence-electron chi connectivity index (χ3n) is 4.73. The molecule has 0 aliphatic carbocycles. The number of carboxylic acid groups (broad SMARTS) is 2. The van der Waals surface area contributed by atoms with E-state index in [1.165, 1.54) is 13.2 Å². The van der Waals surface area contributed by atoms with Crippen LogP contribution in [0.2, 0.25) is 0 Å².